The van der Waals surface area contributed by atoms with Crippen molar-refractivity contribution in [2.45, 2.75) is 40.0 Å². The predicted molar refractivity (Wildman–Crippen MR) is 48.8 cm³/mol. The number of hydrogen-bond acceptors (Lipinski definition) is 1. The van der Waals surface area contributed by atoms with E-state index in [0.717, 1.165) is 18.3 Å². The highest BCUT2D eigenvalue weighted by Crippen LogP contribution is 2.59. The summed E-state index contributed by atoms with van der Waals surface area (Å²) in [5.41, 5.74) is 0.194. The highest BCUT2D eigenvalue weighted by Gasteiger charge is 2.55. The quantitative estimate of drug-likeness (QED) is 0.616. The summed E-state index contributed by atoms with van der Waals surface area (Å²) >= 11 is 0. The van der Waals surface area contributed by atoms with Crippen LogP contribution in [-0.2, 0) is 4.79 Å². The summed E-state index contributed by atoms with van der Waals surface area (Å²) in [7, 11) is 0. The topological polar surface area (TPSA) is 17.1 Å². The van der Waals surface area contributed by atoms with E-state index in [1.165, 1.54) is 12.8 Å². The fourth-order valence-corrected chi connectivity index (χ4v) is 2.45. The Hall–Kier alpha value is -0.330. The molecule has 3 rings (SSSR count). The molecule has 1 nitrogen and oxygen atoms in total. The molecule has 0 aromatic carbocycles. The molecule has 0 radical (unpaired) electrons. The van der Waals surface area contributed by atoms with E-state index in [-0.39, 0.29) is 5.41 Å². The van der Waals surface area contributed by atoms with Crippen molar-refractivity contribution in [3.8, 4) is 0 Å². The van der Waals surface area contributed by atoms with E-state index < -0.39 is 0 Å². The normalized spacial score (nSPS) is 38.4. The van der Waals surface area contributed by atoms with Gasteiger partial charge in [-0.3, -0.25) is 4.79 Å². The second kappa shape index (κ2) is 2.34. The number of carbonyl (C=O) groups is 1. The van der Waals surface area contributed by atoms with E-state index in [4.69, 9.17) is 0 Å². The van der Waals surface area contributed by atoms with Crippen molar-refractivity contribution in [2.75, 3.05) is 0 Å². The summed E-state index contributed by atoms with van der Waals surface area (Å²) < 4.78 is 0. The van der Waals surface area contributed by atoms with Crippen molar-refractivity contribution in [3.05, 3.63) is 0 Å². The van der Waals surface area contributed by atoms with Crippen LogP contribution >= 0.6 is 0 Å². The van der Waals surface area contributed by atoms with E-state index >= 15 is 0 Å². The Morgan fingerprint density at radius 3 is 2.00 bits per heavy atom. The first-order valence-corrected chi connectivity index (χ1v) is 5.00. The smallest absolute Gasteiger partial charge is 0.137 e. The van der Waals surface area contributed by atoms with Crippen LogP contribution in [0.25, 0.3) is 0 Å². The molecule has 0 heterocycles. The third-order valence-corrected chi connectivity index (χ3v) is 3.30. The molecule has 0 saturated heterocycles. The van der Waals surface area contributed by atoms with Gasteiger partial charge in [0.15, 0.2) is 0 Å². The molecule has 0 aromatic heterocycles. The highest BCUT2D eigenvalue weighted by atomic mass is 16.1. The molecule has 2 bridgehead atoms. The average Bonchev–Trinajstić information content (AvgIpc) is 1.44. The predicted octanol–water partition coefficient (Wildman–Crippen LogP) is 2.65. The standard InChI is InChI=1S/C11H18O/c1-11(2,3)6-9(12)10-7-4-8(10)5-7/h7-8,10H,4-6H2,1-3H3. The van der Waals surface area contributed by atoms with Crippen LogP contribution in [0.2, 0.25) is 0 Å². The summed E-state index contributed by atoms with van der Waals surface area (Å²) in [5.74, 6) is 2.62. The molecule has 12 heavy (non-hydrogen) atoms. The zero-order valence-corrected chi connectivity index (χ0v) is 8.26. The summed E-state index contributed by atoms with van der Waals surface area (Å²) in [6.07, 6.45) is 3.48. The van der Waals surface area contributed by atoms with Crippen molar-refractivity contribution in [1.82, 2.24) is 0 Å². The Balaban J connectivity index is 1.86. The molecule has 0 unspecified atom stereocenters. The Morgan fingerprint density at radius 1 is 1.25 bits per heavy atom. The van der Waals surface area contributed by atoms with Gasteiger partial charge in [-0.1, -0.05) is 20.8 Å². The van der Waals surface area contributed by atoms with Gasteiger partial charge in [-0.05, 0) is 30.1 Å². The zero-order chi connectivity index (χ0) is 8.93. The largest absolute Gasteiger partial charge is 0.299 e. The fraction of sp³-hybridized carbons (Fsp3) is 0.909. The number of hydrogen-bond donors (Lipinski definition) is 0. The maximum atomic E-state index is 11.7. The van der Waals surface area contributed by atoms with Crippen molar-refractivity contribution in [3.63, 3.8) is 0 Å². The van der Waals surface area contributed by atoms with E-state index in [2.05, 4.69) is 20.8 Å². The molecular formula is C11H18O. The molecule has 68 valence electrons. The molecule has 0 amide bonds. The zero-order valence-electron chi connectivity index (χ0n) is 8.26. The number of carbonyl (C=O) groups excluding carboxylic acids is 1. The second-order valence-electron chi connectivity index (χ2n) is 5.72. The summed E-state index contributed by atoms with van der Waals surface area (Å²) in [6.45, 7) is 6.44. The maximum absolute atomic E-state index is 11.7. The molecule has 3 aliphatic rings. The molecule has 0 aromatic rings. The molecule has 0 aliphatic heterocycles. The Bertz CT molecular complexity index is 198. The Labute approximate surface area is 74.5 Å². The van der Waals surface area contributed by atoms with Crippen molar-refractivity contribution in [2.24, 2.45) is 23.2 Å². The maximum Gasteiger partial charge on any atom is 0.137 e. The van der Waals surface area contributed by atoms with Gasteiger partial charge < -0.3 is 0 Å². The van der Waals surface area contributed by atoms with E-state index in [1.807, 2.05) is 0 Å². The molecular weight excluding hydrogens is 148 g/mol. The Morgan fingerprint density at radius 2 is 1.75 bits per heavy atom. The van der Waals surface area contributed by atoms with Crippen LogP contribution in [0.1, 0.15) is 40.0 Å². The summed E-state index contributed by atoms with van der Waals surface area (Å²) in [5, 5.41) is 0. The lowest BCUT2D eigenvalue weighted by molar-refractivity contribution is -0.151. The van der Waals surface area contributed by atoms with Crippen molar-refractivity contribution in [1.29, 1.82) is 0 Å². The van der Waals surface area contributed by atoms with Crippen LogP contribution in [0.5, 0.6) is 0 Å². The average molecular weight is 166 g/mol. The van der Waals surface area contributed by atoms with Crippen LogP contribution in [0.3, 0.4) is 0 Å². The number of Topliss-reactive ketones (excluding diaryl/α,β-unsaturated/α-hetero) is 1. The first kappa shape index (κ1) is 8.28. The van der Waals surface area contributed by atoms with Gasteiger partial charge in [-0.2, -0.15) is 0 Å². The minimum Gasteiger partial charge on any atom is -0.299 e. The lowest BCUT2D eigenvalue weighted by Gasteiger charge is -2.57. The van der Waals surface area contributed by atoms with Gasteiger partial charge in [-0.15, -0.1) is 0 Å². The highest BCUT2D eigenvalue weighted by molar-refractivity contribution is 5.84. The third-order valence-electron chi connectivity index (χ3n) is 3.30. The lowest BCUT2D eigenvalue weighted by Crippen LogP contribution is -2.54. The SMILES string of the molecule is CC(C)(C)CC(=O)C1C2CC1C2. The minimum absolute atomic E-state index is 0.194. The van der Waals surface area contributed by atoms with Gasteiger partial charge in [0.05, 0.1) is 0 Å². The van der Waals surface area contributed by atoms with E-state index in [1.54, 1.807) is 0 Å². The van der Waals surface area contributed by atoms with Gasteiger partial charge >= 0.3 is 0 Å². The van der Waals surface area contributed by atoms with Crippen LogP contribution in [0.15, 0.2) is 0 Å². The fourth-order valence-electron chi connectivity index (χ4n) is 2.45. The second-order valence-corrected chi connectivity index (χ2v) is 5.72. The minimum atomic E-state index is 0.194. The van der Waals surface area contributed by atoms with Crippen molar-refractivity contribution >= 4 is 5.78 Å². The van der Waals surface area contributed by atoms with Gasteiger partial charge in [-0.25, -0.2) is 0 Å². The van der Waals surface area contributed by atoms with Crippen LogP contribution < -0.4 is 0 Å². The Kier molecular flexibility index (Phi) is 1.61. The van der Waals surface area contributed by atoms with E-state index in [9.17, 15) is 4.79 Å². The first-order valence-electron chi connectivity index (χ1n) is 5.00. The molecule has 0 atom stereocenters. The molecule has 3 saturated carbocycles. The van der Waals surface area contributed by atoms with Gasteiger partial charge in [0.2, 0.25) is 0 Å². The van der Waals surface area contributed by atoms with Crippen LogP contribution in [0, 0.1) is 23.2 Å². The van der Waals surface area contributed by atoms with Crippen LogP contribution in [0.4, 0.5) is 0 Å². The first-order chi connectivity index (χ1) is 5.47. The van der Waals surface area contributed by atoms with E-state index in [0.29, 0.717) is 11.7 Å². The molecule has 0 spiro atoms. The molecule has 3 aliphatic carbocycles. The van der Waals surface area contributed by atoms with Gasteiger partial charge in [0.25, 0.3) is 0 Å². The number of rotatable bonds is 2. The van der Waals surface area contributed by atoms with Crippen LogP contribution in [-0.4, -0.2) is 5.78 Å². The third kappa shape index (κ3) is 1.19. The van der Waals surface area contributed by atoms with Gasteiger partial charge in [0.1, 0.15) is 5.78 Å². The monoisotopic (exact) mass is 166 g/mol. The van der Waals surface area contributed by atoms with Gasteiger partial charge in [0, 0.05) is 12.3 Å². The number of ketones is 1. The molecule has 3 fully saturated rings. The van der Waals surface area contributed by atoms with Crippen molar-refractivity contribution < 1.29 is 4.79 Å². The summed E-state index contributed by atoms with van der Waals surface area (Å²) in [4.78, 5) is 11.7. The lowest BCUT2D eigenvalue weighted by atomic mass is 9.46. The molecule has 0 N–H and O–H groups in total. The molecule has 1 heteroatoms. The summed E-state index contributed by atoms with van der Waals surface area (Å²) in [6, 6.07) is 0.